The van der Waals surface area contributed by atoms with E-state index in [1.807, 2.05) is 12.1 Å². The average Bonchev–Trinajstić information content (AvgIpc) is 3.38. The largest absolute Gasteiger partial charge is 0.493 e. The second-order valence-electron chi connectivity index (χ2n) is 12.0. The van der Waals surface area contributed by atoms with Crippen LogP contribution in [0.2, 0.25) is 0 Å². The normalized spacial score (nSPS) is 13.3. The first kappa shape index (κ1) is 35.1. The van der Waals surface area contributed by atoms with Crippen molar-refractivity contribution in [3.05, 3.63) is 77.1 Å². The van der Waals surface area contributed by atoms with Gasteiger partial charge in [0.05, 0.1) is 13.2 Å². The van der Waals surface area contributed by atoms with Gasteiger partial charge in [0.15, 0.2) is 11.3 Å². The predicted octanol–water partition coefficient (Wildman–Crippen LogP) is 9.15. The summed E-state index contributed by atoms with van der Waals surface area (Å²) in [6.45, 7) is 17.7. The highest BCUT2D eigenvalue weighted by Gasteiger charge is 2.52. The Labute approximate surface area is 277 Å². The number of benzene rings is 2. The number of carbonyl (C=O) groups excluding carboxylic acids is 1. The lowest BCUT2D eigenvalue weighted by Crippen LogP contribution is -2.32. The quantitative estimate of drug-likeness (QED) is 0.0912. The molecule has 0 spiro atoms. The van der Waals surface area contributed by atoms with Crippen molar-refractivity contribution in [1.82, 2.24) is 4.98 Å². The second kappa shape index (κ2) is 17.3. The molecule has 7 heteroatoms. The third-order valence-corrected chi connectivity index (χ3v) is 9.08. The number of carbonyl (C=O) groups is 1. The van der Waals surface area contributed by atoms with E-state index in [9.17, 15) is 4.79 Å². The van der Waals surface area contributed by atoms with E-state index in [2.05, 4.69) is 92.7 Å². The van der Waals surface area contributed by atoms with Gasteiger partial charge in [0.2, 0.25) is 0 Å². The fourth-order valence-corrected chi connectivity index (χ4v) is 6.48. The van der Waals surface area contributed by atoms with E-state index < -0.39 is 11.6 Å². The van der Waals surface area contributed by atoms with Crippen LogP contribution in [0.1, 0.15) is 120 Å². The maximum absolute atomic E-state index is 13.7. The van der Waals surface area contributed by atoms with Crippen molar-refractivity contribution >= 4 is 17.3 Å². The third-order valence-electron chi connectivity index (χ3n) is 9.08. The minimum atomic E-state index is -1.29. The van der Waals surface area contributed by atoms with Crippen molar-refractivity contribution < 1.29 is 19.0 Å². The monoisotopic (exact) mass is 629 g/mol. The molecule has 46 heavy (non-hydrogen) atoms. The van der Waals surface area contributed by atoms with Crippen LogP contribution in [0, 0.1) is 0 Å². The lowest BCUT2D eigenvalue weighted by Gasteiger charge is -2.34. The molecule has 250 valence electrons. The molecule has 2 aromatic carbocycles. The molecule has 0 saturated heterocycles. The molecule has 1 aliphatic rings. The Morgan fingerprint density at radius 2 is 1.15 bits per heavy atom. The van der Waals surface area contributed by atoms with E-state index in [1.165, 1.54) is 12.8 Å². The minimum Gasteiger partial charge on any atom is -0.493 e. The van der Waals surface area contributed by atoms with E-state index in [0.29, 0.717) is 36.0 Å². The standard InChI is InChI=1S/C39H55N3O4/c1-7-13-15-17-26-44-35-28-30(41(9-3)10-4)21-23-32(35)39(34-20-19-25-40-37(34)38(43)46-39)33-24-22-31(42(11-5)12-6)29-36(33)45-27-18-16-14-8-2/h19-25,28-29H,7-18,26-27H2,1-6H3. The molecule has 0 radical (unpaired) electrons. The maximum Gasteiger partial charge on any atom is 0.358 e. The number of unbranched alkanes of at least 4 members (excludes halogenated alkanes) is 6. The molecule has 0 amide bonds. The number of ether oxygens (including phenoxy) is 3. The molecule has 0 N–H and O–H groups in total. The van der Waals surface area contributed by atoms with E-state index in [1.54, 1.807) is 6.20 Å². The first-order valence-electron chi connectivity index (χ1n) is 17.7. The molecule has 1 aromatic heterocycles. The van der Waals surface area contributed by atoms with Gasteiger partial charge in [-0.15, -0.1) is 0 Å². The van der Waals surface area contributed by atoms with E-state index in [0.717, 1.165) is 87.2 Å². The van der Waals surface area contributed by atoms with Gasteiger partial charge in [-0.3, -0.25) is 0 Å². The summed E-state index contributed by atoms with van der Waals surface area (Å²) in [7, 11) is 0. The molecule has 0 saturated carbocycles. The van der Waals surface area contributed by atoms with Crippen molar-refractivity contribution in [3.63, 3.8) is 0 Å². The van der Waals surface area contributed by atoms with Gasteiger partial charge in [-0.2, -0.15) is 0 Å². The number of hydrogen-bond acceptors (Lipinski definition) is 7. The Morgan fingerprint density at radius 3 is 1.61 bits per heavy atom. The van der Waals surface area contributed by atoms with Gasteiger partial charge in [-0.05, 0) is 70.9 Å². The van der Waals surface area contributed by atoms with Gasteiger partial charge in [0, 0.05) is 72.6 Å². The number of hydrogen-bond donors (Lipinski definition) is 0. The topological polar surface area (TPSA) is 64.1 Å². The van der Waals surface area contributed by atoms with Gasteiger partial charge in [0.25, 0.3) is 0 Å². The average molecular weight is 630 g/mol. The summed E-state index contributed by atoms with van der Waals surface area (Å²) in [6, 6.07) is 16.4. The zero-order valence-corrected chi connectivity index (χ0v) is 29.1. The summed E-state index contributed by atoms with van der Waals surface area (Å²) in [5.41, 5.74) is 3.46. The molecule has 3 aromatic rings. The van der Waals surface area contributed by atoms with Gasteiger partial charge < -0.3 is 24.0 Å². The van der Waals surface area contributed by atoms with Crippen LogP contribution in [-0.2, 0) is 10.3 Å². The summed E-state index contributed by atoms with van der Waals surface area (Å²) < 4.78 is 19.9. The molecule has 0 aliphatic carbocycles. The van der Waals surface area contributed by atoms with Crippen LogP contribution in [0.15, 0.2) is 54.7 Å². The highest BCUT2D eigenvalue weighted by molar-refractivity contribution is 5.95. The predicted molar refractivity (Wildman–Crippen MR) is 189 cm³/mol. The molecule has 0 unspecified atom stereocenters. The molecule has 7 nitrogen and oxygen atoms in total. The fourth-order valence-electron chi connectivity index (χ4n) is 6.48. The Morgan fingerprint density at radius 1 is 0.652 bits per heavy atom. The Kier molecular flexibility index (Phi) is 13.2. The van der Waals surface area contributed by atoms with E-state index in [-0.39, 0.29) is 0 Å². The van der Waals surface area contributed by atoms with Gasteiger partial charge in [0.1, 0.15) is 11.5 Å². The van der Waals surface area contributed by atoms with Crippen molar-refractivity contribution in [2.45, 2.75) is 98.5 Å². The van der Waals surface area contributed by atoms with Crippen molar-refractivity contribution in [1.29, 1.82) is 0 Å². The summed E-state index contributed by atoms with van der Waals surface area (Å²) in [4.78, 5) is 22.8. The number of anilines is 2. The molecule has 0 fully saturated rings. The molecule has 1 aliphatic heterocycles. The van der Waals surface area contributed by atoms with Crippen LogP contribution in [0.4, 0.5) is 11.4 Å². The smallest absolute Gasteiger partial charge is 0.358 e. The SMILES string of the molecule is CCCCCCOc1cc(N(CC)CC)ccc1C1(c2ccc(N(CC)CC)cc2OCCCCCC)OC(=O)c2ncccc21. The summed E-state index contributed by atoms with van der Waals surface area (Å²) >= 11 is 0. The van der Waals surface area contributed by atoms with Crippen molar-refractivity contribution in [2.24, 2.45) is 0 Å². The number of rotatable bonds is 20. The lowest BCUT2D eigenvalue weighted by molar-refractivity contribution is 0.0232. The Hall–Kier alpha value is -3.74. The summed E-state index contributed by atoms with van der Waals surface area (Å²) in [5.74, 6) is 0.985. The van der Waals surface area contributed by atoms with Gasteiger partial charge >= 0.3 is 5.97 Å². The molecule has 4 rings (SSSR count). The van der Waals surface area contributed by atoms with E-state index >= 15 is 0 Å². The van der Waals surface area contributed by atoms with Crippen LogP contribution >= 0.6 is 0 Å². The molecule has 2 heterocycles. The van der Waals surface area contributed by atoms with Crippen molar-refractivity contribution in [2.75, 3.05) is 49.2 Å². The number of aromatic nitrogens is 1. The molecule has 0 bridgehead atoms. The van der Waals surface area contributed by atoms with Crippen LogP contribution in [0.5, 0.6) is 11.5 Å². The maximum atomic E-state index is 13.7. The zero-order valence-electron chi connectivity index (χ0n) is 29.1. The Balaban J connectivity index is 1.94. The first-order chi connectivity index (χ1) is 22.5. The zero-order chi connectivity index (χ0) is 32.9. The number of pyridine rings is 1. The number of fused-ring (bicyclic) bond motifs is 1. The fraction of sp³-hybridized carbons (Fsp3) is 0.538. The number of esters is 1. The Bertz CT molecular complexity index is 1330. The molecular formula is C39H55N3O4. The summed E-state index contributed by atoms with van der Waals surface area (Å²) in [6.07, 6.45) is 10.5. The van der Waals surface area contributed by atoms with Crippen LogP contribution in [0.3, 0.4) is 0 Å². The number of cyclic esters (lactones) is 1. The summed E-state index contributed by atoms with van der Waals surface area (Å²) in [5, 5.41) is 0. The highest BCUT2D eigenvalue weighted by atomic mass is 16.6. The lowest BCUT2D eigenvalue weighted by atomic mass is 9.79. The second-order valence-corrected chi connectivity index (χ2v) is 12.0. The number of nitrogens with zero attached hydrogens (tertiary/aromatic N) is 3. The molecular weight excluding hydrogens is 574 g/mol. The molecule has 0 atom stereocenters. The van der Waals surface area contributed by atoms with Crippen LogP contribution in [0.25, 0.3) is 0 Å². The van der Waals surface area contributed by atoms with Crippen molar-refractivity contribution in [3.8, 4) is 11.5 Å². The van der Waals surface area contributed by atoms with Crippen LogP contribution < -0.4 is 19.3 Å². The van der Waals surface area contributed by atoms with Gasteiger partial charge in [-0.1, -0.05) is 58.4 Å². The van der Waals surface area contributed by atoms with Crippen LogP contribution in [-0.4, -0.2) is 50.3 Å². The minimum absolute atomic E-state index is 0.325. The first-order valence-corrected chi connectivity index (χ1v) is 17.7. The highest BCUT2D eigenvalue weighted by Crippen LogP contribution is 2.53. The third kappa shape index (κ3) is 7.62. The van der Waals surface area contributed by atoms with E-state index in [4.69, 9.17) is 14.2 Å². The van der Waals surface area contributed by atoms with Gasteiger partial charge in [-0.25, -0.2) is 9.78 Å².